The quantitative estimate of drug-likeness (QED) is 0.779. The fourth-order valence-electron chi connectivity index (χ4n) is 0.823. The minimum Gasteiger partial charge on any atom is -0.397 e. The molecule has 2 N–H and O–H groups in total. The first-order valence-corrected chi connectivity index (χ1v) is 5.05. The van der Waals surface area contributed by atoms with Crippen molar-refractivity contribution in [2.75, 3.05) is 5.73 Å². The molecule has 1 aromatic heterocycles. The molecule has 1 aromatic rings. The zero-order valence-corrected chi connectivity index (χ0v) is 8.27. The summed E-state index contributed by atoms with van der Waals surface area (Å²) in [7, 11) is 0. The number of hydrogen-bond acceptors (Lipinski definition) is 3. The third-order valence-electron chi connectivity index (χ3n) is 1.52. The van der Waals surface area contributed by atoms with Gasteiger partial charge >= 0.3 is 0 Å². The average molecular weight is 182 g/mol. The number of nitrogen functional groups attached to an aromatic ring is 1. The monoisotopic (exact) mass is 182 g/mol. The van der Waals surface area contributed by atoms with Crippen LogP contribution in [-0.4, -0.2) is 10.2 Å². The normalized spacial score (nSPS) is 10.6. The van der Waals surface area contributed by atoms with E-state index in [2.05, 4.69) is 18.8 Å². The lowest BCUT2D eigenvalue weighted by molar-refractivity contribution is 1.11. The highest BCUT2D eigenvalue weighted by molar-refractivity contribution is 7.99. The van der Waals surface area contributed by atoms with Crippen molar-refractivity contribution < 1.29 is 0 Å². The summed E-state index contributed by atoms with van der Waals surface area (Å²) in [5, 5.41) is 0.651. The lowest BCUT2D eigenvalue weighted by Crippen LogP contribution is -1.95. The van der Waals surface area contributed by atoms with Crippen molar-refractivity contribution >= 4 is 17.4 Å². The van der Waals surface area contributed by atoms with E-state index in [1.807, 2.05) is 17.8 Å². The molecule has 0 spiro atoms. The number of rotatable bonds is 3. The lowest BCUT2D eigenvalue weighted by Gasteiger charge is -2.06. The molecule has 12 heavy (non-hydrogen) atoms. The van der Waals surface area contributed by atoms with E-state index >= 15 is 0 Å². The van der Waals surface area contributed by atoms with Gasteiger partial charge in [-0.1, -0.05) is 13.8 Å². The fraction of sp³-hybridized carbons (Fsp3) is 0.444. The van der Waals surface area contributed by atoms with Crippen molar-refractivity contribution in [3.63, 3.8) is 0 Å². The highest BCUT2D eigenvalue weighted by Crippen LogP contribution is 2.20. The van der Waals surface area contributed by atoms with Crippen LogP contribution >= 0.6 is 11.8 Å². The van der Waals surface area contributed by atoms with Gasteiger partial charge in [0.05, 0.1) is 11.9 Å². The predicted octanol–water partition coefficient (Wildman–Crippen LogP) is 2.31. The average Bonchev–Trinajstić information content (AvgIpc) is 2.03. The third-order valence-corrected chi connectivity index (χ3v) is 2.66. The van der Waals surface area contributed by atoms with Gasteiger partial charge in [0, 0.05) is 11.9 Å². The Labute approximate surface area is 77.6 Å². The highest BCUT2D eigenvalue weighted by atomic mass is 32.2. The standard InChI is InChI=1S/C9H14N2S/c1-7(2)12-6-8-3-4-11-5-9(8)10/h3-5,7H,6,10H2,1-2H3. The minimum absolute atomic E-state index is 0.651. The molecule has 0 radical (unpaired) electrons. The molecule has 0 aliphatic carbocycles. The minimum atomic E-state index is 0.651. The van der Waals surface area contributed by atoms with Gasteiger partial charge in [0.1, 0.15) is 0 Å². The Morgan fingerprint density at radius 2 is 2.33 bits per heavy atom. The van der Waals surface area contributed by atoms with Gasteiger partial charge in [0.2, 0.25) is 0 Å². The smallest absolute Gasteiger partial charge is 0.0541 e. The van der Waals surface area contributed by atoms with Crippen LogP contribution in [0.3, 0.4) is 0 Å². The molecule has 0 amide bonds. The SMILES string of the molecule is CC(C)SCc1ccncc1N. The third kappa shape index (κ3) is 2.74. The van der Waals surface area contributed by atoms with Gasteiger partial charge in [0.25, 0.3) is 0 Å². The van der Waals surface area contributed by atoms with Crippen molar-refractivity contribution in [3.05, 3.63) is 24.0 Å². The summed E-state index contributed by atoms with van der Waals surface area (Å²) in [4.78, 5) is 3.94. The topological polar surface area (TPSA) is 38.9 Å². The molecule has 0 atom stereocenters. The summed E-state index contributed by atoms with van der Waals surface area (Å²) >= 11 is 1.89. The zero-order chi connectivity index (χ0) is 8.97. The number of thioether (sulfide) groups is 1. The summed E-state index contributed by atoms with van der Waals surface area (Å²) in [6.45, 7) is 4.37. The van der Waals surface area contributed by atoms with Crippen LogP contribution in [0.25, 0.3) is 0 Å². The second-order valence-electron chi connectivity index (χ2n) is 2.93. The largest absolute Gasteiger partial charge is 0.397 e. The molecule has 0 unspecified atom stereocenters. The fourth-order valence-corrected chi connectivity index (χ4v) is 1.60. The van der Waals surface area contributed by atoms with Crippen molar-refractivity contribution in [3.8, 4) is 0 Å². The molecule has 0 aliphatic rings. The van der Waals surface area contributed by atoms with E-state index in [4.69, 9.17) is 5.73 Å². The van der Waals surface area contributed by atoms with Crippen LogP contribution in [0.1, 0.15) is 19.4 Å². The Morgan fingerprint density at radius 3 is 2.92 bits per heavy atom. The van der Waals surface area contributed by atoms with Crippen molar-refractivity contribution in [2.24, 2.45) is 0 Å². The van der Waals surface area contributed by atoms with E-state index < -0.39 is 0 Å². The molecule has 0 saturated heterocycles. The number of hydrogen-bond donors (Lipinski definition) is 1. The molecule has 1 rings (SSSR count). The van der Waals surface area contributed by atoms with Crippen LogP contribution in [0.4, 0.5) is 5.69 Å². The van der Waals surface area contributed by atoms with Gasteiger partial charge in [-0.15, -0.1) is 0 Å². The molecular formula is C9H14N2S. The molecule has 0 aromatic carbocycles. The Kier molecular flexibility index (Phi) is 3.41. The number of pyridine rings is 1. The first-order valence-electron chi connectivity index (χ1n) is 4.00. The van der Waals surface area contributed by atoms with E-state index in [9.17, 15) is 0 Å². The van der Waals surface area contributed by atoms with Crippen LogP contribution in [-0.2, 0) is 5.75 Å². The van der Waals surface area contributed by atoms with Gasteiger partial charge in [-0.3, -0.25) is 4.98 Å². The van der Waals surface area contributed by atoms with Gasteiger partial charge in [-0.2, -0.15) is 11.8 Å². The number of nitrogens with zero attached hydrogens (tertiary/aromatic N) is 1. The summed E-state index contributed by atoms with van der Waals surface area (Å²) in [5.74, 6) is 0.978. The van der Waals surface area contributed by atoms with Crippen LogP contribution in [0.2, 0.25) is 0 Å². The molecule has 3 heteroatoms. The number of anilines is 1. The second-order valence-corrected chi connectivity index (χ2v) is 4.50. The molecule has 0 saturated carbocycles. The van der Waals surface area contributed by atoms with Crippen LogP contribution in [0.15, 0.2) is 18.5 Å². The summed E-state index contributed by atoms with van der Waals surface area (Å²) in [6, 6.07) is 1.98. The molecule has 2 nitrogen and oxygen atoms in total. The van der Waals surface area contributed by atoms with Crippen molar-refractivity contribution in [2.45, 2.75) is 24.9 Å². The van der Waals surface area contributed by atoms with E-state index in [0.29, 0.717) is 5.25 Å². The van der Waals surface area contributed by atoms with Crippen molar-refractivity contribution in [1.29, 1.82) is 0 Å². The maximum Gasteiger partial charge on any atom is 0.0541 e. The maximum absolute atomic E-state index is 5.73. The summed E-state index contributed by atoms with van der Waals surface area (Å²) < 4.78 is 0. The molecule has 0 fully saturated rings. The van der Waals surface area contributed by atoms with Gasteiger partial charge in [-0.05, 0) is 16.9 Å². The number of aromatic nitrogens is 1. The Balaban J connectivity index is 2.57. The van der Waals surface area contributed by atoms with E-state index in [1.165, 1.54) is 5.56 Å². The van der Waals surface area contributed by atoms with Crippen LogP contribution in [0.5, 0.6) is 0 Å². The first-order chi connectivity index (χ1) is 5.70. The molecular weight excluding hydrogens is 168 g/mol. The maximum atomic E-state index is 5.73. The number of nitrogens with two attached hydrogens (primary N) is 1. The molecule has 0 aliphatic heterocycles. The van der Waals surface area contributed by atoms with E-state index in [0.717, 1.165) is 11.4 Å². The molecule has 1 heterocycles. The molecule has 66 valence electrons. The molecule has 0 bridgehead atoms. The Hall–Kier alpha value is -0.700. The predicted molar refractivity (Wildman–Crippen MR) is 55.1 cm³/mol. The Bertz CT molecular complexity index is 248. The van der Waals surface area contributed by atoms with Gasteiger partial charge in [-0.25, -0.2) is 0 Å². The Morgan fingerprint density at radius 1 is 1.58 bits per heavy atom. The van der Waals surface area contributed by atoms with E-state index in [1.54, 1.807) is 12.4 Å². The zero-order valence-electron chi connectivity index (χ0n) is 7.45. The lowest BCUT2D eigenvalue weighted by atomic mass is 10.3. The summed E-state index contributed by atoms with van der Waals surface area (Å²) in [5.41, 5.74) is 7.71. The van der Waals surface area contributed by atoms with Crippen LogP contribution < -0.4 is 5.73 Å². The summed E-state index contributed by atoms with van der Waals surface area (Å²) in [6.07, 6.45) is 3.49. The van der Waals surface area contributed by atoms with E-state index in [-0.39, 0.29) is 0 Å². The van der Waals surface area contributed by atoms with Gasteiger partial charge in [0.15, 0.2) is 0 Å². The van der Waals surface area contributed by atoms with Crippen molar-refractivity contribution in [1.82, 2.24) is 4.98 Å². The second kappa shape index (κ2) is 4.36. The highest BCUT2D eigenvalue weighted by Gasteiger charge is 1.99. The van der Waals surface area contributed by atoms with Gasteiger partial charge < -0.3 is 5.73 Å². The van der Waals surface area contributed by atoms with Crippen LogP contribution in [0, 0.1) is 0 Å². The first kappa shape index (κ1) is 9.39.